The maximum absolute atomic E-state index is 15.2. The van der Waals surface area contributed by atoms with E-state index in [4.69, 9.17) is 27.5 Å². The summed E-state index contributed by atoms with van der Waals surface area (Å²) < 4.78 is 568. The third-order valence-corrected chi connectivity index (χ3v) is 13.2. The first kappa shape index (κ1) is 79.3. The molecule has 494 valence electrons. The van der Waals surface area contributed by atoms with Gasteiger partial charge in [0.1, 0.15) is 0 Å². The second-order valence-corrected chi connectivity index (χ2v) is 18.7. The van der Waals surface area contributed by atoms with Crippen LogP contribution in [0.4, 0.5) is 162 Å². The fraction of sp³-hybridized carbons (Fsp3) is 1.00. The summed E-state index contributed by atoms with van der Waals surface area (Å²) >= 11 is 0. The molecule has 0 radical (unpaired) electrons. The van der Waals surface area contributed by atoms with Gasteiger partial charge in [0.15, 0.2) is 0 Å². The largest absolute Gasteiger partial charge is 0.501 e. The number of hydrogen-bond donors (Lipinski definition) is 0. The number of rotatable bonds is 40. The molecule has 0 bridgehead atoms. The van der Waals surface area contributed by atoms with Crippen molar-refractivity contribution in [3.8, 4) is 0 Å². The van der Waals surface area contributed by atoms with Gasteiger partial charge in [-0.25, -0.2) is 0 Å². The minimum Gasteiger partial charge on any atom is -0.382 e. The van der Waals surface area contributed by atoms with Crippen LogP contribution in [-0.4, -0.2) is 216 Å². The van der Waals surface area contributed by atoms with E-state index in [-0.39, 0.29) is 39.6 Å². The van der Waals surface area contributed by atoms with Crippen molar-refractivity contribution in [1.29, 1.82) is 0 Å². The molecule has 0 fully saturated rings. The lowest BCUT2D eigenvalue weighted by Gasteiger charge is -2.47. The van der Waals surface area contributed by atoms with E-state index in [0.29, 0.717) is 0 Å². The van der Waals surface area contributed by atoms with Crippen LogP contribution in [0.1, 0.15) is 6.42 Å². The molecule has 82 heavy (non-hydrogen) atoms. The van der Waals surface area contributed by atoms with Crippen molar-refractivity contribution in [3.05, 3.63) is 0 Å². The molecule has 0 aromatic heterocycles. The van der Waals surface area contributed by atoms with E-state index in [9.17, 15) is 145 Å². The second-order valence-electron chi connectivity index (χ2n) is 15.9. The molecule has 0 atom stereocenters. The number of ether oxygens (including phenoxy) is 6. The summed E-state index contributed by atoms with van der Waals surface area (Å²) in [6.07, 6.45) is -11.8. The number of alkyl halides is 37. The predicted octanol–water partition coefficient (Wildman–Crippen LogP) is 12.7. The summed E-state index contributed by atoms with van der Waals surface area (Å²) in [6.45, 7) is -6.92. The van der Waals surface area contributed by atoms with E-state index in [1.165, 1.54) is 0 Å². The lowest BCUT2D eigenvalue weighted by molar-refractivity contribution is -0.493. The molecule has 0 aliphatic heterocycles. The van der Waals surface area contributed by atoms with E-state index in [2.05, 4.69) is 14.2 Å². The molecule has 0 heterocycles. The highest BCUT2D eigenvalue weighted by atomic mass is 28.4. The highest BCUT2D eigenvalue weighted by molar-refractivity contribution is 6.60. The smallest absolute Gasteiger partial charge is 0.382 e. The van der Waals surface area contributed by atoms with Crippen LogP contribution in [-0.2, 0) is 41.7 Å². The van der Waals surface area contributed by atoms with Crippen molar-refractivity contribution in [1.82, 2.24) is 0 Å². The Morgan fingerprint density at radius 3 is 0.573 bits per heavy atom. The van der Waals surface area contributed by atoms with Gasteiger partial charge in [0.05, 0.1) is 79.3 Å². The average molecular weight is 1330 g/mol. The first-order chi connectivity index (χ1) is 36.1. The molecule has 47 heteroatoms. The van der Waals surface area contributed by atoms with Gasteiger partial charge in [-0.15, -0.1) is 0 Å². The maximum atomic E-state index is 15.2. The standard InChI is InChI=1S/C35H37F37O9Si/c1-73-5-8-76-11-14-79-82(80-15-12-77-9-6-74-2,81-16-13-78-10-7-75-3)17-4-18(36,37)19(38,39)20(40,41)21(42,43)22(44,45)23(46,47)24(48,49)25(50,51)26(52,53)27(54,55)28(56,57)29(58,59)30(60,61)31(62,63)32(64,65)33(66,67)34(68,69)35(70,71)72/h4-17H2,1-3H3. The Kier molecular flexibility index (Phi) is 25.1. The Labute approximate surface area is 433 Å². The topological polar surface area (TPSA) is 83.1 Å². The number of halogens is 37. The summed E-state index contributed by atoms with van der Waals surface area (Å²) in [5.74, 6) is -167. The van der Waals surface area contributed by atoms with Gasteiger partial charge in [-0.2, -0.15) is 162 Å². The third kappa shape index (κ3) is 13.2. The molecule has 0 saturated heterocycles. The van der Waals surface area contributed by atoms with Crippen molar-refractivity contribution in [2.24, 2.45) is 0 Å². The van der Waals surface area contributed by atoms with Crippen molar-refractivity contribution in [2.75, 3.05) is 101 Å². The van der Waals surface area contributed by atoms with Crippen molar-refractivity contribution >= 4 is 8.80 Å². The molecule has 0 aromatic carbocycles. The van der Waals surface area contributed by atoms with E-state index in [1.54, 1.807) is 0 Å². The van der Waals surface area contributed by atoms with Gasteiger partial charge < -0.3 is 41.7 Å². The zero-order valence-electron chi connectivity index (χ0n) is 40.1. The highest BCUT2D eigenvalue weighted by Crippen LogP contribution is 2.71. The lowest BCUT2D eigenvalue weighted by Crippen LogP contribution is -2.80. The molecule has 9 nitrogen and oxygen atoms in total. The second kappa shape index (κ2) is 25.9. The molecule has 0 amide bonds. The Balaban J connectivity index is 7.74. The van der Waals surface area contributed by atoms with Gasteiger partial charge in [0.25, 0.3) is 0 Å². The van der Waals surface area contributed by atoms with Gasteiger partial charge in [0, 0.05) is 33.8 Å². The molecule has 0 spiro atoms. The Bertz CT molecular complexity index is 1950. The molecule has 0 unspecified atom stereocenters. The molecular formula is C35H37F37O9Si. The zero-order chi connectivity index (χ0) is 65.8. The highest BCUT2D eigenvalue weighted by Gasteiger charge is 3.02. The van der Waals surface area contributed by atoms with E-state index in [1.807, 2.05) is 0 Å². The third-order valence-electron chi connectivity index (χ3n) is 10.4. The summed E-state index contributed by atoms with van der Waals surface area (Å²) in [4.78, 5) is 0. The first-order valence-electron chi connectivity index (χ1n) is 20.8. The summed E-state index contributed by atoms with van der Waals surface area (Å²) in [6, 6.07) is -2.23. The molecule has 0 saturated carbocycles. The molecule has 0 aromatic rings. The summed E-state index contributed by atoms with van der Waals surface area (Å²) in [5, 5.41) is 0. The van der Waals surface area contributed by atoms with Crippen LogP contribution in [0.5, 0.6) is 0 Å². The minimum atomic E-state index is -10.5. The Morgan fingerprint density at radius 1 is 0.220 bits per heavy atom. The SMILES string of the molecule is COCCOCCO[Si](CCC(F)(F)C(F)(F)C(F)(F)C(F)(F)C(F)(F)C(F)(F)C(F)(F)C(F)(F)C(F)(F)C(F)(F)C(F)(F)C(F)(F)C(F)(F)C(F)(F)C(F)(F)C(F)(F)C(F)(F)C(F)(F)F)(OCCOCCOC)OCCOCCOC. The summed E-state index contributed by atoms with van der Waals surface area (Å²) in [7, 11) is -2.15. The molecule has 0 rings (SSSR count). The van der Waals surface area contributed by atoms with Crippen LogP contribution in [0.3, 0.4) is 0 Å². The normalized spacial score (nSPS) is 16.0. The lowest BCUT2D eigenvalue weighted by atomic mass is 9.82. The van der Waals surface area contributed by atoms with E-state index >= 15 is 17.6 Å². The molecular weight excluding hydrogens is 1300 g/mol. The average Bonchev–Trinajstić information content (AvgIpc) is 3.32. The van der Waals surface area contributed by atoms with Gasteiger partial charge >= 0.3 is 116 Å². The van der Waals surface area contributed by atoms with Crippen molar-refractivity contribution in [2.45, 2.75) is 119 Å². The van der Waals surface area contributed by atoms with Gasteiger partial charge in [-0.3, -0.25) is 0 Å². The number of methoxy groups -OCH3 is 3. The zero-order valence-corrected chi connectivity index (χ0v) is 41.1. The van der Waals surface area contributed by atoms with Crippen LogP contribution >= 0.6 is 0 Å². The first-order valence-corrected chi connectivity index (χ1v) is 22.7. The Morgan fingerprint density at radius 2 is 0.390 bits per heavy atom. The maximum Gasteiger partial charge on any atom is 0.501 e. The minimum absolute atomic E-state index is 0.209. The van der Waals surface area contributed by atoms with Gasteiger partial charge in [-0.05, 0) is 0 Å². The fourth-order valence-electron chi connectivity index (χ4n) is 5.48. The fourth-order valence-corrected chi connectivity index (χ4v) is 7.96. The van der Waals surface area contributed by atoms with Gasteiger partial charge in [0.2, 0.25) is 0 Å². The molecule has 0 aliphatic rings. The molecule has 0 N–H and O–H groups in total. The monoisotopic (exact) mass is 1330 g/mol. The van der Waals surface area contributed by atoms with Gasteiger partial charge in [-0.1, -0.05) is 0 Å². The van der Waals surface area contributed by atoms with Crippen molar-refractivity contribution in [3.63, 3.8) is 0 Å². The number of hydrogen-bond acceptors (Lipinski definition) is 9. The predicted molar refractivity (Wildman–Crippen MR) is 191 cm³/mol. The van der Waals surface area contributed by atoms with Crippen LogP contribution < -0.4 is 0 Å². The summed E-state index contributed by atoms with van der Waals surface area (Å²) in [5.41, 5.74) is 0. The van der Waals surface area contributed by atoms with Crippen LogP contribution in [0.2, 0.25) is 6.04 Å². The van der Waals surface area contributed by atoms with E-state index in [0.717, 1.165) is 21.3 Å². The van der Waals surface area contributed by atoms with E-state index < -0.39 is 168 Å². The molecule has 0 aliphatic carbocycles. The van der Waals surface area contributed by atoms with Crippen LogP contribution in [0, 0.1) is 0 Å². The van der Waals surface area contributed by atoms with Crippen LogP contribution in [0.25, 0.3) is 0 Å². The Hall–Kier alpha value is -2.73. The quantitative estimate of drug-likeness (QED) is 0.0338. The van der Waals surface area contributed by atoms with Crippen molar-refractivity contribution < 1.29 is 204 Å². The van der Waals surface area contributed by atoms with Crippen LogP contribution in [0.15, 0.2) is 0 Å².